The van der Waals surface area contributed by atoms with Crippen molar-refractivity contribution in [2.24, 2.45) is 5.92 Å². The standard InChI is InChI=1S/C14H20BrNO2/c1-3-11(4-5-17)9-16-14(18)12-6-10(2)7-13(15)8-12/h6-8,11,17H,3-5,9H2,1-2H3,(H,16,18). The van der Waals surface area contributed by atoms with Crippen LogP contribution in [0.3, 0.4) is 0 Å². The average Bonchev–Trinajstić information content (AvgIpc) is 2.32. The predicted molar refractivity (Wildman–Crippen MR) is 76.7 cm³/mol. The molecule has 1 aromatic rings. The van der Waals surface area contributed by atoms with Crippen molar-refractivity contribution in [1.82, 2.24) is 5.32 Å². The Morgan fingerprint density at radius 2 is 2.17 bits per heavy atom. The summed E-state index contributed by atoms with van der Waals surface area (Å²) >= 11 is 3.39. The van der Waals surface area contributed by atoms with Gasteiger partial charge in [-0.15, -0.1) is 0 Å². The molecule has 0 saturated carbocycles. The minimum atomic E-state index is -0.0595. The summed E-state index contributed by atoms with van der Waals surface area (Å²) in [6, 6.07) is 5.65. The fraction of sp³-hybridized carbons (Fsp3) is 0.500. The summed E-state index contributed by atoms with van der Waals surface area (Å²) in [5.41, 5.74) is 1.72. The van der Waals surface area contributed by atoms with Crippen LogP contribution in [0.4, 0.5) is 0 Å². The van der Waals surface area contributed by atoms with Gasteiger partial charge in [-0.3, -0.25) is 4.79 Å². The summed E-state index contributed by atoms with van der Waals surface area (Å²) in [6.45, 7) is 4.81. The number of aliphatic hydroxyl groups is 1. The molecule has 0 spiro atoms. The molecule has 0 saturated heterocycles. The lowest BCUT2D eigenvalue weighted by atomic mass is 10.0. The molecule has 4 heteroatoms. The van der Waals surface area contributed by atoms with Crippen molar-refractivity contribution < 1.29 is 9.90 Å². The van der Waals surface area contributed by atoms with Gasteiger partial charge in [0.2, 0.25) is 0 Å². The first-order valence-corrected chi connectivity index (χ1v) is 7.02. The monoisotopic (exact) mass is 313 g/mol. The van der Waals surface area contributed by atoms with Gasteiger partial charge in [-0.05, 0) is 43.0 Å². The highest BCUT2D eigenvalue weighted by Gasteiger charge is 2.10. The Bertz CT molecular complexity index is 387. The topological polar surface area (TPSA) is 49.3 Å². The van der Waals surface area contributed by atoms with E-state index in [1.165, 1.54) is 0 Å². The highest BCUT2D eigenvalue weighted by molar-refractivity contribution is 9.10. The van der Waals surface area contributed by atoms with Gasteiger partial charge in [0.15, 0.2) is 0 Å². The van der Waals surface area contributed by atoms with Crippen molar-refractivity contribution in [3.63, 3.8) is 0 Å². The van der Waals surface area contributed by atoms with Crippen LogP contribution >= 0.6 is 15.9 Å². The van der Waals surface area contributed by atoms with Crippen molar-refractivity contribution in [1.29, 1.82) is 0 Å². The van der Waals surface area contributed by atoms with Crippen LogP contribution in [0, 0.1) is 12.8 Å². The zero-order valence-electron chi connectivity index (χ0n) is 10.9. The van der Waals surface area contributed by atoms with E-state index in [1.54, 1.807) is 0 Å². The highest BCUT2D eigenvalue weighted by Crippen LogP contribution is 2.15. The van der Waals surface area contributed by atoms with Crippen LogP contribution in [0.2, 0.25) is 0 Å². The molecule has 0 aliphatic heterocycles. The number of nitrogens with one attached hydrogen (secondary N) is 1. The van der Waals surface area contributed by atoms with E-state index in [0.717, 1.165) is 22.9 Å². The molecule has 1 aromatic carbocycles. The Morgan fingerprint density at radius 1 is 1.44 bits per heavy atom. The van der Waals surface area contributed by atoms with Gasteiger partial charge in [-0.25, -0.2) is 0 Å². The van der Waals surface area contributed by atoms with Gasteiger partial charge in [0.05, 0.1) is 0 Å². The molecule has 0 radical (unpaired) electrons. The molecule has 100 valence electrons. The molecule has 1 unspecified atom stereocenters. The molecule has 1 atom stereocenters. The zero-order valence-corrected chi connectivity index (χ0v) is 12.5. The summed E-state index contributed by atoms with van der Waals surface area (Å²) in [6.07, 6.45) is 1.69. The molecule has 1 amide bonds. The first-order valence-electron chi connectivity index (χ1n) is 6.23. The minimum Gasteiger partial charge on any atom is -0.396 e. The molecular weight excluding hydrogens is 294 g/mol. The molecule has 3 nitrogen and oxygen atoms in total. The Hall–Kier alpha value is -0.870. The number of hydrogen-bond acceptors (Lipinski definition) is 2. The van der Waals surface area contributed by atoms with E-state index in [1.807, 2.05) is 25.1 Å². The van der Waals surface area contributed by atoms with Gasteiger partial charge in [-0.2, -0.15) is 0 Å². The number of rotatable bonds is 6. The molecule has 0 aliphatic carbocycles. The third-order valence-electron chi connectivity index (χ3n) is 2.97. The van der Waals surface area contributed by atoms with E-state index in [9.17, 15) is 4.79 Å². The summed E-state index contributed by atoms with van der Waals surface area (Å²) in [5, 5.41) is 11.8. The number of aryl methyl sites for hydroxylation is 1. The first kappa shape index (κ1) is 15.2. The molecule has 0 heterocycles. The third kappa shape index (κ3) is 4.78. The molecule has 1 rings (SSSR count). The fourth-order valence-corrected chi connectivity index (χ4v) is 2.45. The zero-order chi connectivity index (χ0) is 13.5. The number of benzene rings is 1. The lowest BCUT2D eigenvalue weighted by molar-refractivity contribution is 0.0943. The number of carbonyl (C=O) groups excluding carboxylic acids is 1. The molecule has 0 aliphatic rings. The molecule has 0 bridgehead atoms. The van der Waals surface area contributed by atoms with Crippen LogP contribution in [0.15, 0.2) is 22.7 Å². The van der Waals surface area contributed by atoms with Crippen molar-refractivity contribution in [2.45, 2.75) is 26.7 Å². The smallest absolute Gasteiger partial charge is 0.251 e. The maximum atomic E-state index is 12.0. The van der Waals surface area contributed by atoms with Crippen LogP contribution in [0.5, 0.6) is 0 Å². The average molecular weight is 314 g/mol. The van der Waals surface area contributed by atoms with E-state index in [2.05, 4.69) is 28.2 Å². The molecule has 0 aromatic heterocycles. The first-order chi connectivity index (χ1) is 8.56. The number of amides is 1. The number of halogens is 1. The number of aliphatic hydroxyl groups excluding tert-OH is 1. The van der Waals surface area contributed by atoms with Crippen LogP contribution in [-0.2, 0) is 0 Å². The van der Waals surface area contributed by atoms with Gasteiger partial charge >= 0.3 is 0 Å². The van der Waals surface area contributed by atoms with Crippen LogP contribution in [-0.4, -0.2) is 24.2 Å². The van der Waals surface area contributed by atoms with Crippen molar-refractivity contribution >= 4 is 21.8 Å². The number of carbonyl (C=O) groups is 1. The Kier molecular flexibility index (Phi) is 6.36. The Morgan fingerprint density at radius 3 is 2.72 bits per heavy atom. The van der Waals surface area contributed by atoms with E-state index in [0.29, 0.717) is 18.0 Å². The second kappa shape index (κ2) is 7.54. The van der Waals surface area contributed by atoms with Crippen LogP contribution < -0.4 is 5.32 Å². The maximum Gasteiger partial charge on any atom is 0.251 e. The normalized spacial score (nSPS) is 12.2. The molecular formula is C14H20BrNO2. The van der Waals surface area contributed by atoms with Gasteiger partial charge < -0.3 is 10.4 Å². The minimum absolute atomic E-state index is 0.0595. The summed E-state index contributed by atoms with van der Waals surface area (Å²) in [5.74, 6) is 0.281. The van der Waals surface area contributed by atoms with E-state index in [4.69, 9.17) is 5.11 Å². The van der Waals surface area contributed by atoms with Crippen LogP contribution in [0.1, 0.15) is 35.7 Å². The second-order valence-electron chi connectivity index (χ2n) is 4.51. The molecule has 2 N–H and O–H groups in total. The SMILES string of the molecule is CCC(CCO)CNC(=O)c1cc(C)cc(Br)c1. The fourth-order valence-electron chi connectivity index (χ4n) is 1.84. The maximum absolute atomic E-state index is 12.0. The van der Waals surface area contributed by atoms with Gasteiger partial charge in [0.25, 0.3) is 5.91 Å². The van der Waals surface area contributed by atoms with E-state index >= 15 is 0 Å². The van der Waals surface area contributed by atoms with Crippen LogP contribution in [0.25, 0.3) is 0 Å². The summed E-state index contributed by atoms with van der Waals surface area (Å²) in [7, 11) is 0. The third-order valence-corrected chi connectivity index (χ3v) is 3.43. The van der Waals surface area contributed by atoms with Crippen molar-refractivity contribution in [3.05, 3.63) is 33.8 Å². The van der Waals surface area contributed by atoms with Crippen molar-refractivity contribution in [3.8, 4) is 0 Å². The van der Waals surface area contributed by atoms with E-state index in [-0.39, 0.29) is 12.5 Å². The molecule has 0 fully saturated rings. The summed E-state index contributed by atoms with van der Waals surface area (Å²) in [4.78, 5) is 12.0. The van der Waals surface area contributed by atoms with Gasteiger partial charge in [0.1, 0.15) is 0 Å². The lowest BCUT2D eigenvalue weighted by Gasteiger charge is -2.14. The predicted octanol–water partition coefficient (Wildman–Crippen LogP) is 2.90. The highest BCUT2D eigenvalue weighted by atomic mass is 79.9. The Balaban J connectivity index is 2.59. The Labute approximate surface area is 117 Å². The van der Waals surface area contributed by atoms with Crippen molar-refractivity contribution in [2.75, 3.05) is 13.2 Å². The largest absolute Gasteiger partial charge is 0.396 e. The van der Waals surface area contributed by atoms with Gasteiger partial charge in [0, 0.05) is 23.2 Å². The quantitative estimate of drug-likeness (QED) is 0.848. The summed E-state index contributed by atoms with van der Waals surface area (Å²) < 4.78 is 0.912. The second-order valence-corrected chi connectivity index (χ2v) is 5.43. The lowest BCUT2D eigenvalue weighted by Crippen LogP contribution is -2.29. The van der Waals surface area contributed by atoms with E-state index < -0.39 is 0 Å². The number of hydrogen-bond donors (Lipinski definition) is 2. The molecule has 18 heavy (non-hydrogen) atoms. The van der Waals surface area contributed by atoms with Gasteiger partial charge in [-0.1, -0.05) is 29.3 Å².